The lowest BCUT2D eigenvalue weighted by Crippen LogP contribution is -2.81. The molecule has 0 radical (unpaired) electrons. The minimum Gasteiger partial charge on any atom is -0.377 e. The molecule has 3 unspecified atom stereocenters. The van der Waals surface area contributed by atoms with Crippen LogP contribution in [0.2, 0.25) is 0 Å². The Morgan fingerprint density at radius 1 is 1.36 bits per heavy atom. The highest BCUT2D eigenvalue weighted by molar-refractivity contribution is 6.00. The van der Waals surface area contributed by atoms with Gasteiger partial charge in [0, 0.05) is 23.6 Å². The third-order valence-corrected chi connectivity index (χ3v) is 5.68. The van der Waals surface area contributed by atoms with Crippen LogP contribution in [0.25, 0.3) is 0 Å². The fraction of sp³-hybridized carbons (Fsp3) is 0.611. The molecule has 1 saturated heterocycles. The molecule has 1 heterocycles. The van der Waals surface area contributed by atoms with E-state index < -0.39 is 5.54 Å². The predicted octanol–water partition coefficient (Wildman–Crippen LogP) is 2.72. The summed E-state index contributed by atoms with van der Waals surface area (Å²) in [4.78, 5) is 12.8. The average Bonchev–Trinajstić information content (AvgIpc) is 2.54. The fourth-order valence-electron chi connectivity index (χ4n) is 4.10. The van der Waals surface area contributed by atoms with Gasteiger partial charge >= 0.3 is 0 Å². The van der Waals surface area contributed by atoms with Gasteiger partial charge in [-0.05, 0) is 37.0 Å². The van der Waals surface area contributed by atoms with E-state index in [9.17, 15) is 4.79 Å². The monoisotopic (exact) mass is 302 g/mol. The Hall–Kier alpha value is -1.39. The van der Waals surface area contributed by atoms with E-state index in [-0.39, 0.29) is 23.3 Å². The van der Waals surface area contributed by atoms with Crippen molar-refractivity contribution in [2.75, 3.05) is 11.9 Å². The zero-order valence-electron chi connectivity index (χ0n) is 13.7. The number of anilines is 1. The fourth-order valence-corrected chi connectivity index (χ4v) is 4.10. The molecule has 1 aromatic carbocycles. The number of ether oxygens (including phenoxy) is 1. The molecule has 1 aliphatic carbocycles. The molecule has 4 nitrogen and oxygen atoms in total. The molecule has 0 aromatic heterocycles. The van der Waals surface area contributed by atoms with Crippen LogP contribution >= 0.6 is 0 Å². The van der Waals surface area contributed by atoms with E-state index >= 15 is 0 Å². The lowest BCUT2D eigenvalue weighted by molar-refractivity contribution is -0.222. The van der Waals surface area contributed by atoms with E-state index in [2.05, 4.69) is 12.2 Å². The Balaban J connectivity index is 1.78. The van der Waals surface area contributed by atoms with Gasteiger partial charge < -0.3 is 15.8 Å². The van der Waals surface area contributed by atoms with Crippen molar-refractivity contribution in [1.29, 1.82) is 0 Å². The van der Waals surface area contributed by atoms with Crippen molar-refractivity contribution in [3.8, 4) is 0 Å². The molecule has 4 heteroatoms. The van der Waals surface area contributed by atoms with E-state index in [1.807, 2.05) is 38.1 Å². The molecule has 2 aliphatic rings. The van der Waals surface area contributed by atoms with Gasteiger partial charge in [-0.3, -0.25) is 4.79 Å². The van der Waals surface area contributed by atoms with Crippen molar-refractivity contribution in [3.63, 3.8) is 0 Å². The molecule has 1 aliphatic heterocycles. The molecule has 1 saturated carbocycles. The number of rotatable bonds is 3. The first-order valence-corrected chi connectivity index (χ1v) is 8.22. The summed E-state index contributed by atoms with van der Waals surface area (Å²) in [6.45, 7) is 6.97. The molecule has 2 fully saturated rings. The molecular formula is C18H26N2O2. The highest BCUT2D eigenvalue weighted by Crippen LogP contribution is 2.57. The summed E-state index contributed by atoms with van der Waals surface area (Å²) in [7, 11) is 0. The van der Waals surface area contributed by atoms with Crippen molar-refractivity contribution < 1.29 is 9.53 Å². The number of amides is 1. The summed E-state index contributed by atoms with van der Waals surface area (Å²) < 4.78 is 5.86. The van der Waals surface area contributed by atoms with Gasteiger partial charge in [-0.2, -0.15) is 0 Å². The molecule has 1 amide bonds. The number of hydrogen-bond acceptors (Lipinski definition) is 3. The number of carbonyl (C=O) groups excluding carboxylic acids is 1. The summed E-state index contributed by atoms with van der Waals surface area (Å²) >= 11 is 0. The van der Waals surface area contributed by atoms with Crippen LogP contribution in [0.15, 0.2) is 24.3 Å². The van der Waals surface area contributed by atoms with Crippen molar-refractivity contribution in [1.82, 2.24) is 0 Å². The van der Waals surface area contributed by atoms with Crippen molar-refractivity contribution >= 4 is 11.6 Å². The maximum atomic E-state index is 12.8. The molecule has 0 bridgehead atoms. The quantitative estimate of drug-likeness (QED) is 0.902. The van der Waals surface area contributed by atoms with Crippen LogP contribution in [0.3, 0.4) is 0 Å². The average molecular weight is 302 g/mol. The lowest BCUT2D eigenvalue weighted by Gasteiger charge is -2.65. The minimum atomic E-state index is -0.860. The van der Waals surface area contributed by atoms with Gasteiger partial charge in [0.25, 0.3) is 0 Å². The van der Waals surface area contributed by atoms with Gasteiger partial charge in [0.15, 0.2) is 0 Å². The Labute approximate surface area is 132 Å². The zero-order valence-corrected chi connectivity index (χ0v) is 13.7. The number of aryl methyl sites for hydroxylation is 1. The molecule has 3 rings (SSSR count). The van der Waals surface area contributed by atoms with E-state index in [1.165, 1.54) is 5.56 Å². The van der Waals surface area contributed by atoms with Crippen molar-refractivity contribution in [3.05, 3.63) is 29.8 Å². The van der Waals surface area contributed by atoms with Gasteiger partial charge in [0.2, 0.25) is 5.91 Å². The van der Waals surface area contributed by atoms with E-state index in [0.29, 0.717) is 0 Å². The number of benzene rings is 1. The Kier molecular flexibility index (Phi) is 3.77. The van der Waals surface area contributed by atoms with Gasteiger partial charge in [0.1, 0.15) is 5.54 Å². The van der Waals surface area contributed by atoms with Crippen molar-refractivity contribution in [2.45, 2.75) is 51.7 Å². The van der Waals surface area contributed by atoms with E-state index in [0.717, 1.165) is 31.6 Å². The number of nitrogens with two attached hydrogens (primary N) is 1. The van der Waals surface area contributed by atoms with E-state index in [1.54, 1.807) is 0 Å². The number of fused-ring (bicyclic) bond motifs is 1. The maximum absolute atomic E-state index is 12.8. The normalized spacial score (nSPS) is 32.7. The summed E-state index contributed by atoms with van der Waals surface area (Å²) in [5.41, 5.74) is 7.45. The van der Waals surface area contributed by atoms with Crippen LogP contribution in [-0.4, -0.2) is 24.2 Å². The highest BCUT2D eigenvalue weighted by atomic mass is 16.5. The summed E-state index contributed by atoms with van der Waals surface area (Å²) in [6, 6.07) is 7.97. The van der Waals surface area contributed by atoms with Crippen LogP contribution in [-0.2, 0) is 16.0 Å². The molecule has 1 aromatic rings. The summed E-state index contributed by atoms with van der Waals surface area (Å²) in [6.07, 6.45) is 3.03. The second kappa shape index (κ2) is 5.36. The van der Waals surface area contributed by atoms with Crippen molar-refractivity contribution in [2.24, 2.45) is 17.1 Å². The molecule has 0 spiro atoms. The zero-order chi connectivity index (χ0) is 16.0. The molecule has 3 atom stereocenters. The highest BCUT2D eigenvalue weighted by Gasteiger charge is 2.70. The SMILES string of the molecule is CCc1ccc(NC(=O)C2(N)C3CCCOC3C2(C)C)cc1. The topological polar surface area (TPSA) is 64.4 Å². The van der Waals surface area contributed by atoms with Crippen LogP contribution < -0.4 is 11.1 Å². The molecular weight excluding hydrogens is 276 g/mol. The smallest absolute Gasteiger partial charge is 0.245 e. The minimum absolute atomic E-state index is 0.0894. The number of hydrogen-bond donors (Lipinski definition) is 2. The molecule has 120 valence electrons. The predicted molar refractivity (Wildman–Crippen MR) is 87.6 cm³/mol. The Morgan fingerprint density at radius 2 is 2.05 bits per heavy atom. The largest absolute Gasteiger partial charge is 0.377 e. The molecule has 22 heavy (non-hydrogen) atoms. The standard InChI is InChI=1S/C18H26N2O2/c1-4-12-7-9-13(10-8-12)20-16(21)18(19)14-6-5-11-22-15(14)17(18,2)3/h7-10,14-15H,4-6,11,19H2,1-3H3,(H,20,21). The second-order valence-electron chi connectivity index (χ2n) is 7.14. The number of carbonyl (C=O) groups is 1. The third-order valence-electron chi connectivity index (χ3n) is 5.68. The van der Waals surface area contributed by atoms with Gasteiger partial charge in [-0.15, -0.1) is 0 Å². The van der Waals surface area contributed by atoms with Crippen LogP contribution in [0, 0.1) is 11.3 Å². The molecule has 3 N–H and O–H groups in total. The third kappa shape index (κ3) is 2.09. The van der Waals surface area contributed by atoms with Gasteiger partial charge in [-0.1, -0.05) is 32.9 Å². The van der Waals surface area contributed by atoms with Crippen LogP contribution in [0.5, 0.6) is 0 Å². The Morgan fingerprint density at radius 3 is 2.68 bits per heavy atom. The Bertz CT molecular complexity index is 567. The van der Waals surface area contributed by atoms with Gasteiger partial charge in [0.05, 0.1) is 6.10 Å². The first-order chi connectivity index (χ1) is 10.4. The van der Waals surface area contributed by atoms with Gasteiger partial charge in [-0.25, -0.2) is 0 Å². The second-order valence-corrected chi connectivity index (χ2v) is 7.14. The lowest BCUT2D eigenvalue weighted by atomic mass is 9.46. The van der Waals surface area contributed by atoms with Crippen LogP contribution in [0.1, 0.15) is 39.2 Å². The van der Waals surface area contributed by atoms with E-state index in [4.69, 9.17) is 10.5 Å². The maximum Gasteiger partial charge on any atom is 0.245 e. The summed E-state index contributed by atoms with van der Waals surface area (Å²) in [5, 5.41) is 3.00. The summed E-state index contributed by atoms with van der Waals surface area (Å²) in [5.74, 6) is 0.0275. The first kappa shape index (κ1) is 15.5. The van der Waals surface area contributed by atoms with Crippen LogP contribution in [0.4, 0.5) is 5.69 Å². The number of nitrogens with one attached hydrogen (secondary N) is 1. The first-order valence-electron chi connectivity index (χ1n) is 8.22.